The lowest BCUT2D eigenvalue weighted by Gasteiger charge is -2.34. The highest BCUT2D eigenvalue weighted by molar-refractivity contribution is 5.41. The molecule has 0 spiro atoms. The fourth-order valence-corrected chi connectivity index (χ4v) is 2.30. The Kier molecular flexibility index (Phi) is 4.63. The van der Waals surface area contributed by atoms with Crippen LogP contribution >= 0.6 is 0 Å². The van der Waals surface area contributed by atoms with Crippen molar-refractivity contribution < 1.29 is 9.84 Å². The molecule has 1 saturated heterocycles. The monoisotopic (exact) mass is 265 g/mol. The van der Waals surface area contributed by atoms with Gasteiger partial charge in [0.15, 0.2) is 0 Å². The minimum atomic E-state index is 0.0781. The van der Waals surface area contributed by atoms with Crippen LogP contribution in [0.4, 0.5) is 0 Å². The van der Waals surface area contributed by atoms with Crippen LogP contribution in [0.5, 0.6) is 11.5 Å². The van der Waals surface area contributed by atoms with Crippen LogP contribution < -0.4 is 10.2 Å². The number of nitrogens with one attached hydrogen (secondary N) is 1. The number of phenolic OH excluding ortho intramolecular Hbond substituents is 1. The largest absolute Gasteiger partial charge is 0.507 e. The zero-order chi connectivity index (χ0) is 13.8. The standard InChI is InChI=1S/C14H23N3O2/c1-11(15-17-8-6-16(2)7-9-17)13-5-4-12(19-3)10-14(13)18/h4-5,10-11,15,18H,6-9H2,1-3H3. The van der Waals surface area contributed by atoms with Gasteiger partial charge in [0.1, 0.15) is 11.5 Å². The fourth-order valence-electron chi connectivity index (χ4n) is 2.30. The van der Waals surface area contributed by atoms with E-state index < -0.39 is 0 Å². The van der Waals surface area contributed by atoms with Gasteiger partial charge in [0, 0.05) is 43.9 Å². The Morgan fingerprint density at radius 3 is 2.53 bits per heavy atom. The number of piperazine rings is 1. The maximum atomic E-state index is 10.0. The molecule has 1 heterocycles. The van der Waals surface area contributed by atoms with E-state index in [1.165, 1.54) is 0 Å². The van der Waals surface area contributed by atoms with Crippen molar-refractivity contribution in [2.75, 3.05) is 40.3 Å². The SMILES string of the molecule is COc1ccc(C(C)NN2CCN(C)CC2)c(O)c1. The number of hydrogen-bond acceptors (Lipinski definition) is 5. The van der Waals surface area contributed by atoms with E-state index in [-0.39, 0.29) is 11.8 Å². The lowest BCUT2D eigenvalue weighted by Crippen LogP contribution is -2.51. The number of aromatic hydroxyl groups is 1. The molecular weight excluding hydrogens is 242 g/mol. The number of phenols is 1. The van der Waals surface area contributed by atoms with Gasteiger partial charge in [-0.15, -0.1) is 0 Å². The molecule has 0 aromatic heterocycles. The van der Waals surface area contributed by atoms with Gasteiger partial charge in [-0.2, -0.15) is 0 Å². The van der Waals surface area contributed by atoms with Gasteiger partial charge in [0.2, 0.25) is 0 Å². The number of hydrazine groups is 1. The predicted octanol–water partition coefficient (Wildman–Crippen LogP) is 1.21. The van der Waals surface area contributed by atoms with Crippen molar-refractivity contribution in [3.63, 3.8) is 0 Å². The highest BCUT2D eigenvalue weighted by Crippen LogP contribution is 2.28. The van der Waals surface area contributed by atoms with Crippen molar-refractivity contribution in [1.82, 2.24) is 15.3 Å². The van der Waals surface area contributed by atoms with Crippen LogP contribution in [0.3, 0.4) is 0 Å². The van der Waals surface area contributed by atoms with E-state index in [2.05, 4.69) is 29.3 Å². The molecule has 1 aromatic rings. The maximum absolute atomic E-state index is 10.0. The summed E-state index contributed by atoms with van der Waals surface area (Å²) in [4.78, 5) is 2.31. The summed E-state index contributed by atoms with van der Waals surface area (Å²) in [5.41, 5.74) is 4.33. The number of methoxy groups -OCH3 is 1. The summed E-state index contributed by atoms with van der Waals surface area (Å²) in [6.07, 6.45) is 0. The third-order valence-electron chi connectivity index (χ3n) is 3.58. The Morgan fingerprint density at radius 1 is 1.26 bits per heavy atom. The first-order valence-corrected chi connectivity index (χ1v) is 6.66. The van der Waals surface area contributed by atoms with Gasteiger partial charge in [-0.1, -0.05) is 6.07 Å². The van der Waals surface area contributed by atoms with Crippen molar-refractivity contribution in [3.8, 4) is 11.5 Å². The molecule has 1 unspecified atom stereocenters. The summed E-state index contributed by atoms with van der Waals surface area (Å²) in [7, 11) is 3.73. The molecule has 19 heavy (non-hydrogen) atoms. The van der Waals surface area contributed by atoms with E-state index in [0.717, 1.165) is 31.7 Å². The average molecular weight is 265 g/mol. The van der Waals surface area contributed by atoms with Crippen LogP contribution in [0.1, 0.15) is 18.5 Å². The fraction of sp³-hybridized carbons (Fsp3) is 0.571. The summed E-state index contributed by atoms with van der Waals surface area (Å²) in [6.45, 7) is 6.18. The quantitative estimate of drug-likeness (QED) is 0.857. The molecule has 1 aromatic carbocycles. The van der Waals surface area contributed by atoms with Crippen molar-refractivity contribution in [3.05, 3.63) is 23.8 Å². The van der Waals surface area contributed by atoms with E-state index in [1.807, 2.05) is 12.1 Å². The van der Waals surface area contributed by atoms with Gasteiger partial charge in [0.05, 0.1) is 7.11 Å². The number of ether oxygens (including phenoxy) is 1. The highest BCUT2D eigenvalue weighted by Gasteiger charge is 2.18. The zero-order valence-electron chi connectivity index (χ0n) is 11.9. The molecule has 0 saturated carbocycles. The topological polar surface area (TPSA) is 48.0 Å². The average Bonchev–Trinajstić information content (AvgIpc) is 2.41. The molecule has 5 nitrogen and oxygen atoms in total. The Bertz CT molecular complexity index is 417. The predicted molar refractivity (Wildman–Crippen MR) is 75.3 cm³/mol. The Balaban J connectivity index is 1.97. The molecule has 1 aliphatic rings. The summed E-state index contributed by atoms with van der Waals surface area (Å²) in [5, 5.41) is 12.2. The number of likely N-dealkylation sites (N-methyl/N-ethyl adjacent to an activating group) is 1. The van der Waals surface area contributed by atoms with Crippen LogP contribution in [0.25, 0.3) is 0 Å². The first-order chi connectivity index (χ1) is 9.10. The second-order valence-corrected chi connectivity index (χ2v) is 5.07. The van der Waals surface area contributed by atoms with E-state index in [9.17, 15) is 5.11 Å². The summed E-state index contributed by atoms with van der Waals surface area (Å²) in [6, 6.07) is 5.51. The second kappa shape index (κ2) is 6.23. The molecule has 1 fully saturated rings. The number of rotatable bonds is 4. The molecule has 106 valence electrons. The molecule has 2 rings (SSSR count). The van der Waals surface area contributed by atoms with Crippen molar-refractivity contribution in [1.29, 1.82) is 0 Å². The van der Waals surface area contributed by atoms with E-state index in [0.29, 0.717) is 5.75 Å². The molecule has 1 atom stereocenters. The molecule has 1 aliphatic heterocycles. The molecule has 5 heteroatoms. The second-order valence-electron chi connectivity index (χ2n) is 5.07. The first kappa shape index (κ1) is 14.1. The Morgan fingerprint density at radius 2 is 1.95 bits per heavy atom. The van der Waals surface area contributed by atoms with E-state index in [1.54, 1.807) is 13.2 Å². The van der Waals surface area contributed by atoms with Crippen LogP contribution in [-0.4, -0.2) is 55.4 Å². The third kappa shape index (κ3) is 3.59. The Labute approximate surface area is 114 Å². The molecule has 0 bridgehead atoms. The number of hydrogen-bond donors (Lipinski definition) is 2. The first-order valence-electron chi connectivity index (χ1n) is 6.66. The molecule has 2 N–H and O–H groups in total. The molecule has 0 amide bonds. The van der Waals surface area contributed by atoms with Crippen molar-refractivity contribution in [2.45, 2.75) is 13.0 Å². The smallest absolute Gasteiger partial charge is 0.124 e. The minimum Gasteiger partial charge on any atom is -0.507 e. The molecular formula is C14H23N3O2. The van der Waals surface area contributed by atoms with Crippen LogP contribution in [-0.2, 0) is 0 Å². The van der Waals surface area contributed by atoms with Crippen molar-refractivity contribution >= 4 is 0 Å². The van der Waals surface area contributed by atoms with E-state index in [4.69, 9.17) is 4.74 Å². The summed E-state index contributed by atoms with van der Waals surface area (Å²) in [5.74, 6) is 0.946. The Hall–Kier alpha value is -1.30. The summed E-state index contributed by atoms with van der Waals surface area (Å²) < 4.78 is 5.10. The van der Waals surface area contributed by atoms with Crippen molar-refractivity contribution in [2.24, 2.45) is 0 Å². The van der Waals surface area contributed by atoms with Gasteiger partial charge in [-0.25, -0.2) is 10.4 Å². The lowest BCUT2D eigenvalue weighted by atomic mass is 10.1. The summed E-state index contributed by atoms with van der Waals surface area (Å²) >= 11 is 0. The third-order valence-corrected chi connectivity index (χ3v) is 3.58. The lowest BCUT2D eigenvalue weighted by molar-refractivity contribution is 0.0894. The number of nitrogens with zero attached hydrogens (tertiary/aromatic N) is 2. The van der Waals surface area contributed by atoms with Gasteiger partial charge in [0.25, 0.3) is 0 Å². The van der Waals surface area contributed by atoms with Gasteiger partial charge in [-0.3, -0.25) is 0 Å². The molecule has 0 aliphatic carbocycles. The van der Waals surface area contributed by atoms with Crippen LogP contribution in [0.2, 0.25) is 0 Å². The van der Waals surface area contributed by atoms with Crippen LogP contribution in [0, 0.1) is 0 Å². The van der Waals surface area contributed by atoms with Crippen LogP contribution in [0.15, 0.2) is 18.2 Å². The van der Waals surface area contributed by atoms with E-state index >= 15 is 0 Å². The van der Waals surface area contributed by atoms with Gasteiger partial charge < -0.3 is 14.7 Å². The zero-order valence-corrected chi connectivity index (χ0v) is 11.9. The maximum Gasteiger partial charge on any atom is 0.124 e. The molecule has 0 radical (unpaired) electrons. The number of benzene rings is 1. The highest BCUT2D eigenvalue weighted by atomic mass is 16.5. The minimum absolute atomic E-state index is 0.0781. The normalized spacial score (nSPS) is 19.3. The van der Waals surface area contributed by atoms with Gasteiger partial charge in [-0.05, 0) is 20.0 Å². The van der Waals surface area contributed by atoms with Gasteiger partial charge >= 0.3 is 0 Å².